The molecule has 0 saturated carbocycles. The number of esters is 1. The quantitative estimate of drug-likeness (QED) is 0.369. The number of carbonyl (C=O) groups excluding carboxylic acids is 3. The predicted octanol–water partition coefficient (Wildman–Crippen LogP) is 3.89. The van der Waals surface area contributed by atoms with Gasteiger partial charge in [-0.1, -0.05) is 20.8 Å². The number of hydrogen-bond donors (Lipinski definition) is 2. The van der Waals surface area contributed by atoms with Crippen molar-refractivity contribution in [3.05, 3.63) is 33.4 Å². The van der Waals surface area contributed by atoms with Gasteiger partial charge in [0.15, 0.2) is 11.5 Å². The van der Waals surface area contributed by atoms with Crippen molar-refractivity contribution in [3.8, 4) is 11.5 Å². The Labute approximate surface area is 214 Å². The first-order valence-corrected chi connectivity index (χ1v) is 12.0. The minimum absolute atomic E-state index is 0.115. The Morgan fingerprint density at radius 1 is 1.29 bits per heavy atom. The predicted molar refractivity (Wildman–Crippen MR) is 132 cm³/mol. The molecule has 35 heavy (non-hydrogen) atoms. The number of nitrogens with zero attached hydrogens (tertiary/aromatic N) is 2. The lowest BCUT2D eigenvalue weighted by molar-refractivity contribution is -0.175. The molecule has 0 spiro atoms. The van der Waals surface area contributed by atoms with Gasteiger partial charge < -0.3 is 19.9 Å². The van der Waals surface area contributed by atoms with Gasteiger partial charge in [0.1, 0.15) is 12.6 Å². The number of likely N-dealkylation sites (N-methyl/N-ethyl adjacent to an activating group) is 1. The van der Waals surface area contributed by atoms with Crippen molar-refractivity contribution < 1.29 is 33.8 Å². The number of benzene rings is 1. The van der Waals surface area contributed by atoms with Crippen molar-refractivity contribution >= 4 is 33.8 Å². The molecule has 2 rings (SSSR count). The van der Waals surface area contributed by atoms with E-state index in [1.165, 1.54) is 25.2 Å². The van der Waals surface area contributed by atoms with Gasteiger partial charge in [-0.2, -0.15) is 0 Å². The van der Waals surface area contributed by atoms with Crippen LogP contribution in [0.3, 0.4) is 0 Å². The molecule has 1 aromatic carbocycles. The van der Waals surface area contributed by atoms with Crippen LogP contribution >= 0.6 is 15.9 Å². The van der Waals surface area contributed by atoms with E-state index in [1.807, 2.05) is 20.8 Å². The number of hydroxylamine groups is 2. The third kappa shape index (κ3) is 6.26. The van der Waals surface area contributed by atoms with E-state index < -0.39 is 30.1 Å². The summed E-state index contributed by atoms with van der Waals surface area (Å²) >= 11 is 3.28. The molecule has 0 bridgehead atoms. The van der Waals surface area contributed by atoms with Crippen LogP contribution < -0.4 is 10.1 Å². The molecule has 0 aliphatic carbocycles. The largest absolute Gasteiger partial charge is 0.503 e. The number of allylic oxidation sites excluding steroid dienone is 1. The van der Waals surface area contributed by atoms with E-state index >= 15 is 0 Å². The Hall–Kier alpha value is -2.79. The van der Waals surface area contributed by atoms with Crippen molar-refractivity contribution in [2.75, 3.05) is 27.3 Å². The molecule has 0 aromatic heterocycles. The van der Waals surface area contributed by atoms with Crippen LogP contribution in [0, 0.1) is 5.41 Å². The molecule has 10 nitrogen and oxygen atoms in total. The van der Waals surface area contributed by atoms with Crippen molar-refractivity contribution in [1.29, 1.82) is 0 Å². The standard InChI is InChI=1S/C24H34BrN3O7/c1-9-28(34-8)18(29)12-27-13(2)19(22(31)35-14(3)24(4,5)6)20(26-23(27)32)15-10-16(25)21(30)17(11-15)33-7/h10-11,14,20,30H,9,12H2,1-8H3,(H,26,32). The van der Waals surface area contributed by atoms with Gasteiger partial charge in [-0.05, 0) is 59.8 Å². The number of rotatable bonds is 8. The van der Waals surface area contributed by atoms with Crippen molar-refractivity contribution in [2.24, 2.45) is 5.41 Å². The number of phenols is 1. The normalized spacial score (nSPS) is 17.1. The van der Waals surface area contributed by atoms with Crippen LogP contribution in [0.1, 0.15) is 53.1 Å². The van der Waals surface area contributed by atoms with Crippen molar-refractivity contribution in [2.45, 2.75) is 53.7 Å². The third-order valence-corrected chi connectivity index (χ3v) is 6.61. The summed E-state index contributed by atoms with van der Waals surface area (Å²) in [6.07, 6.45) is -0.436. The average molecular weight is 556 g/mol. The van der Waals surface area contributed by atoms with Crippen LogP contribution in [0.4, 0.5) is 4.79 Å². The smallest absolute Gasteiger partial charge is 0.338 e. The van der Waals surface area contributed by atoms with E-state index in [2.05, 4.69) is 21.2 Å². The molecule has 2 atom stereocenters. The molecule has 2 N–H and O–H groups in total. The number of nitrogens with one attached hydrogen (secondary N) is 1. The van der Waals surface area contributed by atoms with E-state index in [9.17, 15) is 19.5 Å². The maximum absolute atomic E-state index is 13.5. The van der Waals surface area contributed by atoms with E-state index in [4.69, 9.17) is 14.3 Å². The van der Waals surface area contributed by atoms with E-state index in [0.717, 1.165) is 5.06 Å². The molecule has 1 aromatic rings. The number of phenolic OH excluding ortho intramolecular Hbond substituents is 1. The van der Waals surface area contributed by atoms with Crippen molar-refractivity contribution in [1.82, 2.24) is 15.3 Å². The molecule has 1 aliphatic heterocycles. The minimum atomic E-state index is -0.913. The number of aromatic hydroxyl groups is 1. The second-order valence-electron chi connectivity index (χ2n) is 9.21. The number of amides is 3. The lowest BCUT2D eigenvalue weighted by Gasteiger charge is -2.37. The van der Waals surface area contributed by atoms with E-state index in [1.54, 1.807) is 26.8 Å². The molecule has 1 heterocycles. The Bertz CT molecular complexity index is 1020. The number of halogens is 1. The zero-order valence-electron chi connectivity index (χ0n) is 21.4. The zero-order valence-corrected chi connectivity index (χ0v) is 23.0. The Morgan fingerprint density at radius 3 is 2.43 bits per heavy atom. The lowest BCUT2D eigenvalue weighted by Crippen LogP contribution is -2.51. The van der Waals surface area contributed by atoms with Crippen LogP contribution in [-0.2, 0) is 19.2 Å². The number of carbonyl (C=O) groups is 3. The molecule has 194 valence electrons. The van der Waals surface area contributed by atoms with Crippen molar-refractivity contribution in [3.63, 3.8) is 0 Å². The summed E-state index contributed by atoms with van der Waals surface area (Å²) in [6.45, 7) is 10.9. The van der Waals surface area contributed by atoms with Gasteiger partial charge in [-0.25, -0.2) is 14.7 Å². The molecule has 0 saturated heterocycles. The van der Waals surface area contributed by atoms with Gasteiger partial charge in [0.05, 0.1) is 30.3 Å². The van der Waals surface area contributed by atoms with Crippen LogP contribution in [0.5, 0.6) is 11.5 Å². The Balaban J connectivity index is 2.61. The second kappa shape index (κ2) is 11.3. The molecule has 0 radical (unpaired) electrons. The third-order valence-electron chi connectivity index (χ3n) is 6.00. The maximum Gasteiger partial charge on any atom is 0.338 e. The molecule has 1 aliphatic rings. The molecule has 3 amide bonds. The fraction of sp³-hybridized carbons (Fsp3) is 0.542. The summed E-state index contributed by atoms with van der Waals surface area (Å²) in [5.41, 5.74) is 0.590. The molecular weight excluding hydrogens is 522 g/mol. The van der Waals surface area contributed by atoms with Gasteiger partial charge >= 0.3 is 12.0 Å². The zero-order chi connectivity index (χ0) is 26.7. The highest BCUT2D eigenvalue weighted by Crippen LogP contribution is 2.40. The SMILES string of the molecule is CCN(OC)C(=O)CN1C(=O)NC(c2cc(Br)c(O)c(OC)c2)C(C(=O)OC(C)C(C)(C)C)=C1C. The summed E-state index contributed by atoms with van der Waals surface area (Å²) in [4.78, 5) is 45.5. The molecule has 2 unspecified atom stereocenters. The summed E-state index contributed by atoms with van der Waals surface area (Å²) in [5, 5.41) is 14.1. The summed E-state index contributed by atoms with van der Waals surface area (Å²) in [7, 11) is 2.76. The first-order chi connectivity index (χ1) is 16.3. The molecule has 0 fully saturated rings. The van der Waals surface area contributed by atoms with E-state index in [-0.39, 0.29) is 41.3 Å². The number of ether oxygens (including phenoxy) is 2. The van der Waals surface area contributed by atoms with Crippen LogP contribution in [0.25, 0.3) is 0 Å². The van der Waals surface area contributed by atoms with E-state index in [0.29, 0.717) is 10.0 Å². The lowest BCUT2D eigenvalue weighted by atomic mass is 9.90. The summed E-state index contributed by atoms with van der Waals surface area (Å²) in [5.74, 6) is -1.04. The number of methoxy groups -OCH3 is 1. The first-order valence-electron chi connectivity index (χ1n) is 11.2. The number of urea groups is 1. The molecule has 11 heteroatoms. The highest BCUT2D eigenvalue weighted by atomic mass is 79.9. The van der Waals surface area contributed by atoms with Crippen LogP contribution in [-0.4, -0.2) is 66.4 Å². The summed E-state index contributed by atoms with van der Waals surface area (Å²) in [6, 6.07) is 1.63. The second-order valence-corrected chi connectivity index (χ2v) is 10.1. The van der Waals surface area contributed by atoms with Crippen LogP contribution in [0.15, 0.2) is 27.9 Å². The summed E-state index contributed by atoms with van der Waals surface area (Å²) < 4.78 is 11.3. The fourth-order valence-corrected chi connectivity index (χ4v) is 3.88. The van der Waals surface area contributed by atoms with Gasteiger partial charge in [0.25, 0.3) is 5.91 Å². The fourth-order valence-electron chi connectivity index (χ4n) is 3.42. The minimum Gasteiger partial charge on any atom is -0.503 e. The monoisotopic (exact) mass is 555 g/mol. The Kier molecular flexibility index (Phi) is 9.18. The van der Waals surface area contributed by atoms with Gasteiger partial charge in [-0.3, -0.25) is 14.5 Å². The van der Waals surface area contributed by atoms with Gasteiger partial charge in [0, 0.05) is 12.2 Å². The van der Waals surface area contributed by atoms with Crippen LogP contribution in [0.2, 0.25) is 0 Å². The topological polar surface area (TPSA) is 118 Å². The highest BCUT2D eigenvalue weighted by Gasteiger charge is 2.39. The van der Waals surface area contributed by atoms with Gasteiger partial charge in [-0.15, -0.1) is 0 Å². The first kappa shape index (κ1) is 28.4. The maximum atomic E-state index is 13.5. The average Bonchev–Trinajstić information content (AvgIpc) is 2.77. The molecular formula is C24H34BrN3O7. The van der Waals surface area contributed by atoms with Gasteiger partial charge in [0.2, 0.25) is 0 Å². The Morgan fingerprint density at radius 2 is 1.91 bits per heavy atom. The number of hydrogen-bond acceptors (Lipinski definition) is 7. The highest BCUT2D eigenvalue weighted by molar-refractivity contribution is 9.10.